The lowest BCUT2D eigenvalue weighted by Gasteiger charge is -2.10. The van der Waals surface area contributed by atoms with Crippen molar-refractivity contribution in [1.29, 1.82) is 0 Å². The fourth-order valence-corrected chi connectivity index (χ4v) is 1.16. The monoisotopic (exact) mass is 144 g/mol. The van der Waals surface area contributed by atoms with E-state index in [0.717, 1.165) is 12.7 Å². The van der Waals surface area contributed by atoms with E-state index in [1.54, 1.807) is 7.11 Å². The van der Waals surface area contributed by atoms with Crippen molar-refractivity contribution in [2.75, 3.05) is 20.3 Å². The van der Waals surface area contributed by atoms with Crippen molar-refractivity contribution in [3.05, 3.63) is 0 Å². The van der Waals surface area contributed by atoms with E-state index in [2.05, 4.69) is 0 Å². The molecule has 0 aliphatic carbocycles. The van der Waals surface area contributed by atoms with Gasteiger partial charge in [0.05, 0.1) is 12.7 Å². The topological polar surface area (TPSA) is 35.5 Å². The second-order valence-electron chi connectivity index (χ2n) is 2.45. The summed E-state index contributed by atoms with van der Waals surface area (Å²) >= 11 is 0. The van der Waals surface area contributed by atoms with Crippen LogP contribution in [0.5, 0.6) is 0 Å². The Morgan fingerprint density at radius 1 is 1.80 bits per heavy atom. The second-order valence-corrected chi connectivity index (χ2v) is 2.45. The highest BCUT2D eigenvalue weighted by atomic mass is 16.5. The van der Waals surface area contributed by atoms with Gasteiger partial charge in [0.15, 0.2) is 0 Å². The van der Waals surface area contributed by atoms with Gasteiger partial charge in [-0.15, -0.1) is 0 Å². The van der Waals surface area contributed by atoms with Gasteiger partial charge in [-0.05, 0) is 6.42 Å². The van der Waals surface area contributed by atoms with Gasteiger partial charge in [0.25, 0.3) is 0 Å². The first-order valence-corrected chi connectivity index (χ1v) is 3.44. The zero-order valence-corrected chi connectivity index (χ0v) is 6.08. The third-order valence-corrected chi connectivity index (χ3v) is 1.77. The summed E-state index contributed by atoms with van der Waals surface area (Å²) in [7, 11) is 1.61. The lowest BCUT2D eigenvalue weighted by atomic mass is 10.0. The van der Waals surface area contributed by atoms with Crippen molar-refractivity contribution in [2.24, 2.45) is 5.92 Å². The van der Waals surface area contributed by atoms with Crippen LogP contribution in [-0.4, -0.2) is 32.7 Å². The van der Waals surface area contributed by atoms with Crippen LogP contribution in [0.25, 0.3) is 0 Å². The molecule has 1 heterocycles. The Kier molecular flexibility index (Phi) is 2.83. The van der Waals surface area contributed by atoms with Crippen molar-refractivity contribution in [1.82, 2.24) is 0 Å². The maximum atomic E-state index is 10.4. The summed E-state index contributed by atoms with van der Waals surface area (Å²) in [4.78, 5) is 10.4. The summed E-state index contributed by atoms with van der Waals surface area (Å²) in [6.45, 7) is 1.22. The average Bonchev–Trinajstić information content (AvgIpc) is 2.36. The molecular weight excluding hydrogens is 132 g/mol. The number of hydrogen-bond acceptors (Lipinski definition) is 3. The lowest BCUT2D eigenvalue weighted by molar-refractivity contribution is -0.113. The normalized spacial score (nSPS) is 32.5. The fourth-order valence-electron chi connectivity index (χ4n) is 1.16. The molecule has 0 amide bonds. The maximum Gasteiger partial charge on any atom is 0.125 e. The molecule has 58 valence electrons. The van der Waals surface area contributed by atoms with Gasteiger partial charge in [-0.3, -0.25) is 0 Å². The number of aldehydes is 1. The minimum absolute atomic E-state index is 0.00231. The molecular formula is C7H12O3. The molecule has 0 saturated carbocycles. The SMILES string of the molecule is COC[C@@H]1OCC[C@H]1C=O. The summed E-state index contributed by atoms with van der Waals surface area (Å²) in [5, 5.41) is 0. The zero-order chi connectivity index (χ0) is 7.40. The average molecular weight is 144 g/mol. The van der Waals surface area contributed by atoms with Crippen molar-refractivity contribution < 1.29 is 14.3 Å². The van der Waals surface area contributed by atoms with Crippen LogP contribution in [0.4, 0.5) is 0 Å². The highest BCUT2D eigenvalue weighted by Crippen LogP contribution is 2.18. The van der Waals surface area contributed by atoms with Gasteiger partial charge in [-0.25, -0.2) is 0 Å². The molecule has 0 aromatic rings. The molecule has 0 spiro atoms. The van der Waals surface area contributed by atoms with Crippen molar-refractivity contribution in [3.63, 3.8) is 0 Å². The Hall–Kier alpha value is -0.410. The minimum atomic E-state index is 0.00231. The highest BCUT2D eigenvalue weighted by molar-refractivity contribution is 5.54. The van der Waals surface area contributed by atoms with Crippen LogP contribution in [0, 0.1) is 5.92 Å². The fraction of sp³-hybridized carbons (Fsp3) is 0.857. The number of rotatable bonds is 3. The smallest absolute Gasteiger partial charge is 0.125 e. The summed E-state index contributed by atoms with van der Waals surface area (Å²) in [5.41, 5.74) is 0. The number of methoxy groups -OCH3 is 1. The quantitative estimate of drug-likeness (QED) is 0.532. The van der Waals surface area contributed by atoms with E-state index >= 15 is 0 Å². The molecule has 1 aliphatic rings. The molecule has 2 atom stereocenters. The van der Waals surface area contributed by atoms with E-state index < -0.39 is 0 Å². The van der Waals surface area contributed by atoms with E-state index in [9.17, 15) is 4.79 Å². The zero-order valence-electron chi connectivity index (χ0n) is 6.08. The van der Waals surface area contributed by atoms with Crippen LogP contribution < -0.4 is 0 Å². The molecule has 1 aliphatic heterocycles. The van der Waals surface area contributed by atoms with Crippen molar-refractivity contribution >= 4 is 6.29 Å². The molecule has 0 radical (unpaired) electrons. The third-order valence-electron chi connectivity index (χ3n) is 1.77. The van der Waals surface area contributed by atoms with Gasteiger partial charge in [0.1, 0.15) is 6.29 Å². The predicted molar refractivity (Wildman–Crippen MR) is 35.8 cm³/mol. The molecule has 1 rings (SSSR count). The van der Waals surface area contributed by atoms with Gasteiger partial charge >= 0.3 is 0 Å². The summed E-state index contributed by atoms with van der Waals surface area (Å²) in [6.07, 6.45) is 1.80. The van der Waals surface area contributed by atoms with Gasteiger partial charge in [-0.1, -0.05) is 0 Å². The Balaban J connectivity index is 2.34. The summed E-state index contributed by atoms with van der Waals surface area (Å²) in [5.74, 6) is 0.0555. The molecule has 3 heteroatoms. The number of ether oxygens (including phenoxy) is 2. The molecule has 1 fully saturated rings. The molecule has 1 saturated heterocycles. The lowest BCUT2D eigenvalue weighted by Crippen LogP contribution is -2.22. The van der Waals surface area contributed by atoms with E-state index in [-0.39, 0.29) is 12.0 Å². The van der Waals surface area contributed by atoms with Gasteiger partial charge < -0.3 is 14.3 Å². The first kappa shape index (κ1) is 7.69. The molecule has 0 aromatic carbocycles. The minimum Gasteiger partial charge on any atom is -0.382 e. The Morgan fingerprint density at radius 2 is 2.60 bits per heavy atom. The van der Waals surface area contributed by atoms with Crippen LogP contribution in [0.1, 0.15) is 6.42 Å². The molecule has 0 unspecified atom stereocenters. The van der Waals surface area contributed by atoms with E-state index in [0.29, 0.717) is 13.2 Å². The van der Waals surface area contributed by atoms with Crippen LogP contribution in [-0.2, 0) is 14.3 Å². The molecule has 0 N–H and O–H groups in total. The summed E-state index contributed by atoms with van der Waals surface area (Å²) < 4.78 is 10.1. The standard InChI is InChI=1S/C7H12O3/c1-9-5-7-6(4-8)2-3-10-7/h4,6-7H,2-3,5H2,1H3/t6-,7-/m0/s1. The van der Waals surface area contributed by atoms with Gasteiger partial charge in [-0.2, -0.15) is 0 Å². The van der Waals surface area contributed by atoms with E-state index in [1.807, 2.05) is 0 Å². The molecule has 0 bridgehead atoms. The number of carbonyl (C=O) groups is 1. The molecule has 3 nitrogen and oxygen atoms in total. The van der Waals surface area contributed by atoms with E-state index in [4.69, 9.17) is 9.47 Å². The highest BCUT2D eigenvalue weighted by Gasteiger charge is 2.27. The van der Waals surface area contributed by atoms with E-state index in [1.165, 1.54) is 0 Å². The van der Waals surface area contributed by atoms with Gasteiger partial charge in [0, 0.05) is 19.6 Å². The van der Waals surface area contributed by atoms with Crippen molar-refractivity contribution in [3.8, 4) is 0 Å². The van der Waals surface area contributed by atoms with Crippen molar-refractivity contribution in [2.45, 2.75) is 12.5 Å². The first-order valence-electron chi connectivity index (χ1n) is 3.44. The first-order chi connectivity index (χ1) is 4.88. The maximum absolute atomic E-state index is 10.4. The third kappa shape index (κ3) is 1.55. The number of hydrogen-bond donors (Lipinski definition) is 0. The Bertz CT molecular complexity index is 113. The van der Waals surface area contributed by atoms with Gasteiger partial charge in [0.2, 0.25) is 0 Å². The number of carbonyl (C=O) groups excluding carboxylic acids is 1. The Labute approximate surface area is 60.3 Å². The van der Waals surface area contributed by atoms with Crippen LogP contribution in [0.2, 0.25) is 0 Å². The predicted octanol–water partition coefficient (Wildman–Crippen LogP) is 0.237. The second kappa shape index (κ2) is 3.68. The van der Waals surface area contributed by atoms with Crippen LogP contribution in [0.15, 0.2) is 0 Å². The Morgan fingerprint density at radius 3 is 3.20 bits per heavy atom. The molecule has 10 heavy (non-hydrogen) atoms. The summed E-state index contributed by atoms with van der Waals surface area (Å²) in [6, 6.07) is 0. The molecule has 0 aromatic heterocycles. The van der Waals surface area contributed by atoms with Crippen LogP contribution >= 0.6 is 0 Å². The largest absolute Gasteiger partial charge is 0.382 e. The van der Waals surface area contributed by atoms with Crippen LogP contribution in [0.3, 0.4) is 0 Å².